The van der Waals surface area contributed by atoms with Gasteiger partial charge >= 0.3 is 0 Å². The molecule has 0 aromatic carbocycles. The molecule has 0 fully saturated rings. The Morgan fingerprint density at radius 2 is 0.571 bits per heavy atom. The fourth-order valence-corrected chi connectivity index (χ4v) is 7.65. The van der Waals surface area contributed by atoms with Crippen molar-refractivity contribution in [3.63, 3.8) is 0 Å². The summed E-state index contributed by atoms with van der Waals surface area (Å²) in [6.45, 7) is 17.4. The summed E-state index contributed by atoms with van der Waals surface area (Å²) in [4.78, 5) is 0. The average molecular weight is 718 g/mol. The summed E-state index contributed by atoms with van der Waals surface area (Å²) in [6, 6.07) is 1.51. The number of nitrogens with zero attached hydrogens (tertiary/aromatic N) is 1. The minimum atomic E-state index is -4.41. The second-order valence-corrected chi connectivity index (χ2v) is 17.1. The molecule has 0 aromatic rings. The molecule has 0 amide bonds. The molecule has 0 bridgehead atoms. The van der Waals surface area contributed by atoms with Crippen LogP contribution in [0.3, 0.4) is 0 Å². The van der Waals surface area contributed by atoms with E-state index in [4.69, 9.17) is 0 Å². The first kappa shape index (κ1) is 50.9. The van der Waals surface area contributed by atoms with E-state index >= 15 is 0 Å². The molecule has 0 aliphatic heterocycles. The van der Waals surface area contributed by atoms with Crippen molar-refractivity contribution >= 4 is 10.4 Å². The molecule has 5 nitrogen and oxygen atoms in total. The van der Waals surface area contributed by atoms with Gasteiger partial charge in [0.2, 0.25) is 10.4 Å². The summed E-state index contributed by atoms with van der Waals surface area (Å²) in [5, 5.41) is 0. The quantitative estimate of drug-likeness (QED) is 0.0278. The van der Waals surface area contributed by atoms with Gasteiger partial charge in [-0.1, -0.05) is 194 Å². The molecule has 0 saturated heterocycles. The van der Waals surface area contributed by atoms with Gasteiger partial charge in [-0.05, 0) is 53.4 Å². The minimum Gasteiger partial charge on any atom is -0.726 e. The molecule has 0 N–H and O–H groups in total. The molecule has 0 atom stereocenters. The Kier molecular flexibility index (Phi) is 39.1. The number of hydrogen-bond donors (Lipinski definition) is 0. The van der Waals surface area contributed by atoms with Gasteiger partial charge in [-0.15, -0.1) is 0 Å². The second kappa shape index (κ2) is 37.6. The molecule has 0 radical (unpaired) electrons. The second-order valence-electron chi connectivity index (χ2n) is 15.9. The van der Waals surface area contributed by atoms with Gasteiger partial charge in [0.05, 0.1) is 32.3 Å². The summed E-state index contributed by atoms with van der Waals surface area (Å²) in [5.74, 6) is 0. The molecule has 0 rings (SSSR count). The van der Waals surface area contributed by atoms with E-state index in [1.165, 1.54) is 223 Å². The average Bonchev–Trinajstić information content (AvgIpc) is 3.06. The highest BCUT2D eigenvalue weighted by Gasteiger charge is 2.33. The third-order valence-corrected chi connectivity index (χ3v) is 11.5. The van der Waals surface area contributed by atoms with Crippen LogP contribution in [0.4, 0.5) is 0 Å². The normalized spacial score (nSPS) is 12.2. The van der Waals surface area contributed by atoms with Crippen LogP contribution in [0.25, 0.3) is 0 Å². The SMILES string of the molecule is CCCCCCCCCCCCCCCCCC[N+](CCCCCCCCCCCCCCCCCC)(C(C)C)C(C)C.COS(=O)(=O)[O-]. The lowest BCUT2D eigenvalue weighted by atomic mass is 10.0. The first-order chi connectivity index (χ1) is 23.6. The maximum atomic E-state index is 9.22. The van der Waals surface area contributed by atoms with E-state index in [0.29, 0.717) is 0 Å². The molecular formula is C43H91NO4S. The molecule has 6 heteroatoms. The Hall–Kier alpha value is -0.170. The molecule has 0 unspecified atom stereocenters. The summed E-state index contributed by atoms with van der Waals surface area (Å²) in [7, 11) is -3.60. The van der Waals surface area contributed by atoms with E-state index < -0.39 is 10.4 Å². The van der Waals surface area contributed by atoms with Crippen molar-refractivity contribution in [3.05, 3.63) is 0 Å². The molecule has 0 aliphatic rings. The van der Waals surface area contributed by atoms with Crippen LogP contribution >= 0.6 is 0 Å². The predicted molar refractivity (Wildman–Crippen MR) is 216 cm³/mol. The Bertz CT molecular complexity index is 694. The molecule has 0 aromatic heterocycles. The molecular weight excluding hydrogens is 627 g/mol. The Balaban J connectivity index is 0. The third-order valence-electron chi connectivity index (χ3n) is 11.1. The van der Waals surface area contributed by atoms with Gasteiger partial charge in [-0.25, -0.2) is 8.42 Å². The van der Waals surface area contributed by atoms with Gasteiger partial charge < -0.3 is 9.04 Å². The van der Waals surface area contributed by atoms with Gasteiger partial charge in [0.1, 0.15) is 0 Å². The maximum absolute atomic E-state index is 9.22. The summed E-state index contributed by atoms with van der Waals surface area (Å²) in [6.07, 6.45) is 46.9. The highest BCUT2D eigenvalue weighted by molar-refractivity contribution is 7.80. The smallest absolute Gasteiger partial charge is 0.217 e. The van der Waals surface area contributed by atoms with Crippen molar-refractivity contribution < 1.29 is 21.6 Å². The zero-order valence-corrected chi connectivity index (χ0v) is 35.5. The van der Waals surface area contributed by atoms with Crippen LogP contribution in [0, 0.1) is 0 Å². The Morgan fingerprint density at radius 1 is 0.408 bits per heavy atom. The number of rotatable bonds is 37. The van der Waals surface area contributed by atoms with Gasteiger partial charge in [0.25, 0.3) is 0 Å². The molecule has 0 heterocycles. The zero-order chi connectivity index (χ0) is 36.9. The fraction of sp³-hybridized carbons (Fsp3) is 1.00. The predicted octanol–water partition coefficient (Wildman–Crippen LogP) is 14.2. The van der Waals surface area contributed by atoms with Crippen molar-refractivity contribution in [2.24, 2.45) is 0 Å². The zero-order valence-electron chi connectivity index (χ0n) is 34.7. The van der Waals surface area contributed by atoms with E-state index in [1.54, 1.807) is 0 Å². The largest absolute Gasteiger partial charge is 0.726 e. The first-order valence-corrected chi connectivity index (χ1v) is 23.3. The summed E-state index contributed by atoms with van der Waals surface area (Å²) in [5.41, 5.74) is 0. The monoisotopic (exact) mass is 718 g/mol. The lowest BCUT2D eigenvalue weighted by Crippen LogP contribution is -2.58. The van der Waals surface area contributed by atoms with E-state index in [1.807, 2.05) is 0 Å². The van der Waals surface area contributed by atoms with Gasteiger partial charge in [-0.2, -0.15) is 0 Å². The number of hydrogen-bond acceptors (Lipinski definition) is 4. The topological polar surface area (TPSA) is 66.4 Å². The number of unbranched alkanes of at least 4 members (excludes halogenated alkanes) is 30. The maximum Gasteiger partial charge on any atom is 0.217 e. The van der Waals surface area contributed by atoms with Crippen LogP contribution < -0.4 is 0 Å². The van der Waals surface area contributed by atoms with E-state index in [2.05, 4.69) is 45.7 Å². The molecule has 0 spiro atoms. The Morgan fingerprint density at radius 3 is 0.714 bits per heavy atom. The lowest BCUT2D eigenvalue weighted by Gasteiger charge is -2.46. The van der Waals surface area contributed by atoms with E-state index in [0.717, 1.165) is 19.2 Å². The molecule has 49 heavy (non-hydrogen) atoms. The van der Waals surface area contributed by atoms with Crippen molar-refractivity contribution in [1.29, 1.82) is 0 Å². The molecule has 298 valence electrons. The van der Waals surface area contributed by atoms with E-state index in [9.17, 15) is 13.0 Å². The minimum absolute atomic E-state index is 0.757. The van der Waals surface area contributed by atoms with Crippen molar-refractivity contribution in [2.45, 2.75) is 259 Å². The molecule has 0 aliphatic carbocycles. The van der Waals surface area contributed by atoms with E-state index in [-0.39, 0.29) is 0 Å². The summed E-state index contributed by atoms with van der Waals surface area (Å²) < 4.78 is 32.4. The third kappa shape index (κ3) is 36.0. The Labute approximate surface area is 310 Å². The van der Waals surface area contributed by atoms with Crippen molar-refractivity contribution in [1.82, 2.24) is 0 Å². The molecule has 0 saturated carbocycles. The van der Waals surface area contributed by atoms with Crippen LogP contribution in [-0.2, 0) is 14.6 Å². The van der Waals surface area contributed by atoms with Crippen LogP contribution in [0.1, 0.15) is 247 Å². The highest BCUT2D eigenvalue weighted by Crippen LogP contribution is 2.24. The van der Waals surface area contributed by atoms with Crippen molar-refractivity contribution in [3.8, 4) is 0 Å². The van der Waals surface area contributed by atoms with Gasteiger partial charge in [0, 0.05) is 0 Å². The summed E-state index contributed by atoms with van der Waals surface area (Å²) >= 11 is 0. The van der Waals surface area contributed by atoms with Crippen LogP contribution in [0.2, 0.25) is 0 Å². The van der Waals surface area contributed by atoms with Crippen LogP contribution in [-0.4, -0.2) is 49.7 Å². The van der Waals surface area contributed by atoms with Gasteiger partial charge in [-0.3, -0.25) is 4.18 Å². The number of quaternary nitrogens is 1. The van der Waals surface area contributed by atoms with Crippen molar-refractivity contribution in [2.75, 3.05) is 20.2 Å². The fourth-order valence-electron chi connectivity index (χ4n) is 7.65. The van der Waals surface area contributed by atoms with Crippen LogP contribution in [0.15, 0.2) is 0 Å². The standard InChI is InChI=1S/C42H88N.CH4O4S/c1-7-9-11-13-15-17-19-21-23-25-27-29-31-33-35-37-39-43(41(3)4,42(5)6)40-38-36-34-32-30-28-26-24-22-20-18-16-14-12-10-8-2;1-5-6(2,3)4/h41-42H,7-40H2,1-6H3;1H3,(H,2,3,4)/q+1;/p-1. The highest BCUT2D eigenvalue weighted by atomic mass is 32.3. The van der Waals surface area contributed by atoms with Crippen LogP contribution in [0.5, 0.6) is 0 Å². The first-order valence-electron chi connectivity index (χ1n) is 21.9. The van der Waals surface area contributed by atoms with Gasteiger partial charge in [0.15, 0.2) is 0 Å². The lowest BCUT2D eigenvalue weighted by molar-refractivity contribution is -0.967.